The van der Waals surface area contributed by atoms with Gasteiger partial charge in [0.05, 0.1) is 40.7 Å². The summed E-state index contributed by atoms with van der Waals surface area (Å²) in [4.78, 5) is 56.9. The zero-order chi connectivity index (χ0) is 33.2. The number of halogens is 1. The zero-order valence-electron chi connectivity index (χ0n) is 26.3. The van der Waals surface area contributed by atoms with Crippen LogP contribution < -0.4 is 31.4 Å². The number of amides is 2. The van der Waals surface area contributed by atoms with E-state index in [0.29, 0.717) is 46.6 Å². The number of nitrogens with one attached hydrogen (secondary N) is 2. The molecule has 242 valence electrons. The van der Waals surface area contributed by atoms with Gasteiger partial charge in [-0.05, 0) is 30.5 Å². The van der Waals surface area contributed by atoms with E-state index >= 15 is 0 Å². The van der Waals surface area contributed by atoms with Crippen LogP contribution in [0.4, 0.5) is 5.69 Å². The Hall–Kier alpha value is -4.94. The van der Waals surface area contributed by atoms with Crippen molar-refractivity contribution in [3.05, 3.63) is 91.2 Å². The summed E-state index contributed by atoms with van der Waals surface area (Å²) < 4.78 is 14.0. The van der Waals surface area contributed by atoms with Crippen LogP contribution >= 0.6 is 11.6 Å². The third kappa shape index (κ3) is 5.08. The average Bonchev–Trinajstić information content (AvgIpc) is 3.65. The molecule has 7 rings (SSSR count). The zero-order valence-corrected chi connectivity index (χ0v) is 27.1. The minimum Gasteiger partial charge on any atom is -0.491 e. The minimum absolute atomic E-state index is 0.0187. The van der Waals surface area contributed by atoms with E-state index in [-0.39, 0.29) is 23.1 Å². The Morgan fingerprint density at radius 1 is 1.11 bits per heavy atom. The van der Waals surface area contributed by atoms with Crippen molar-refractivity contribution in [3.8, 4) is 34.0 Å². The van der Waals surface area contributed by atoms with Crippen LogP contribution in [0, 0.1) is 6.92 Å². The topological polar surface area (TPSA) is 137 Å². The lowest BCUT2D eigenvalue weighted by Crippen LogP contribution is -2.67. The van der Waals surface area contributed by atoms with Gasteiger partial charge in [0.1, 0.15) is 17.9 Å². The van der Waals surface area contributed by atoms with Crippen LogP contribution in [0.3, 0.4) is 0 Å². The normalized spacial score (nSPS) is 18.0. The second-order valence-corrected chi connectivity index (χ2v) is 12.8. The van der Waals surface area contributed by atoms with Gasteiger partial charge in [-0.1, -0.05) is 41.9 Å². The second-order valence-electron chi connectivity index (χ2n) is 12.4. The molecule has 0 radical (unpaired) electrons. The highest BCUT2D eigenvalue weighted by Crippen LogP contribution is 2.47. The van der Waals surface area contributed by atoms with Gasteiger partial charge < -0.3 is 24.7 Å². The summed E-state index contributed by atoms with van der Waals surface area (Å²) in [5.74, 6) is 0.638. The molecule has 4 aromatic rings. The standard InChI is InChI=1S/C34H33ClN6O6/c1-18-19(21-9-6-10-23(29(21)35)36-30(43)22-14-39(2)33(45)40(3)32(22)44)7-5-8-20(18)24-13-26-28(31(37-24)46-4)25(15-47-26)41-16-34(17-41)12-11-27(42)38-34/h5-10,13-14,25H,11-12,15-17H2,1-4H3,(H,36,43)(H,38,42)/t25-/m0/s1. The van der Waals surface area contributed by atoms with Crippen LogP contribution in [-0.4, -0.2) is 63.2 Å². The predicted octanol–water partition coefficient (Wildman–Crippen LogP) is 3.43. The number of likely N-dealkylation sites (tertiary alicyclic amines) is 1. The number of benzene rings is 2. The maximum Gasteiger partial charge on any atom is 0.330 e. The summed E-state index contributed by atoms with van der Waals surface area (Å²) in [5.41, 5.74) is 3.58. The maximum absolute atomic E-state index is 13.1. The monoisotopic (exact) mass is 656 g/mol. The first-order valence-corrected chi connectivity index (χ1v) is 15.6. The van der Waals surface area contributed by atoms with Gasteiger partial charge in [-0.3, -0.25) is 23.9 Å². The molecule has 3 aliphatic rings. The summed E-state index contributed by atoms with van der Waals surface area (Å²) in [6.45, 7) is 3.97. The number of hydrogen-bond donors (Lipinski definition) is 2. The quantitative estimate of drug-likeness (QED) is 0.322. The summed E-state index contributed by atoms with van der Waals surface area (Å²) in [7, 11) is 4.39. The van der Waals surface area contributed by atoms with Crippen LogP contribution in [-0.2, 0) is 18.9 Å². The molecule has 47 heavy (non-hydrogen) atoms. The largest absolute Gasteiger partial charge is 0.491 e. The number of carbonyl (C=O) groups is 2. The number of ether oxygens (including phenoxy) is 2. The molecule has 2 amide bonds. The van der Waals surface area contributed by atoms with Crippen molar-refractivity contribution in [1.82, 2.24) is 24.3 Å². The van der Waals surface area contributed by atoms with E-state index in [1.54, 1.807) is 19.2 Å². The lowest BCUT2D eigenvalue weighted by Gasteiger charge is -2.50. The SMILES string of the molecule is COc1nc(-c2cccc(-c3cccc(NC(=O)c4cn(C)c(=O)n(C)c4=O)c3Cl)c2C)cc2c1[C@@H](N1CC3(CCC(=O)N3)C1)CO2. The van der Waals surface area contributed by atoms with E-state index in [4.69, 9.17) is 26.1 Å². The number of anilines is 1. The first-order valence-electron chi connectivity index (χ1n) is 15.2. The summed E-state index contributed by atoms with van der Waals surface area (Å²) in [5, 5.41) is 6.16. The van der Waals surface area contributed by atoms with E-state index in [0.717, 1.165) is 46.3 Å². The summed E-state index contributed by atoms with van der Waals surface area (Å²) in [6, 6.07) is 13.0. The van der Waals surface area contributed by atoms with Gasteiger partial charge in [-0.15, -0.1) is 0 Å². The average molecular weight is 657 g/mol. The van der Waals surface area contributed by atoms with Gasteiger partial charge >= 0.3 is 5.69 Å². The summed E-state index contributed by atoms with van der Waals surface area (Å²) >= 11 is 6.88. The third-order valence-electron chi connectivity index (χ3n) is 9.43. The number of aryl methyl sites for hydroxylation is 1. The molecular formula is C34H33ClN6O6. The predicted molar refractivity (Wildman–Crippen MR) is 176 cm³/mol. The van der Waals surface area contributed by atoms with Gasteiger partial charge in [0, 0.05) is 57.0 Å². The highest BCUT2D eigenvalue weighted by atomic mass is 35.5. The molecule has 0 saturated carbocycles. The number of pyridine rings is 1. The molecule has 13 heteroatoms. The van der Waals surface area contributed by atoms with Gasteiger partial charge in [-0.2, -0.15) is 0 Å². The smallest absolute Gasteiger partial charge is 0.330 e. The molecule has 2 N–H and O–H groups in total. The number of nitrogens with zero attached hydrogens (tertiary/aromatic N) is 4. The van der Waals surface area contributed by atoms with Gasteiger partial charge in [-0.25, -0.2) is 9.78 Å². The number of rotatable bonds is 6. The fourth-order valence-corrected chi connectivity index (χ4v) is 7.20. The molecule has 2 aromatic carbocycles. The Kier molecular flexibility index (Phi) is 7.44. The Labute approximate surface area is 274 Å². The van der Waals surface area contributed by atoms with E-state index in [9.17, 15) is 19.2 Å². The Balaban J connectivity index is 1.18. The van der Waals surface area contributed by atoms with Gasteiger partial charge in [0.2, 0.25) is 11.8 Å². The molecule has 5 heterocycles. The molecule has 2 fully saturated rings. The highest BCUT2D eigenvalue weighted by Gasteiger charge is 2.51. The number of aromatic nitrogens is 3. The third-order valence-corrected chi connectivity index (χ3v) is 9.84. The molecule has 0 unspecified atom stereocenters. The molecule has 3 aliphatic heterocycles. The number of carbonyl (C=O) groups excluding carboxylic acids is 2. The molecule has 12 nitrogen and oxygen atoms in total. The molecule has 2 aromatic heterocycles. The van der Waals surface area contributed by atoms with Crippen molar-refractivity contribution in [2.75, 3.05) is 32.1 Å². The Morgan fingerprint density at radius 2 is 1.83 bits per heavy atom. The van der Waals surface area contributed by atoms with Crippen molar-refractivity contribution in [2.24, 2.45) is 14.1 Å². The fourth-order valence-electron chi connectivity index (χ4n) is 6.93. The lowest BCUT2D eigenvalue weighted by atomic mass is 9.86. The van der Waals surface area contributed by atoms with Crippen molar-refractivity contribution >= 4 is 29.1 Å². The van der Waals surface area contributed by atoms with Crippen molar-refractivity contribution in [3.63, 3.8) is 0 Å². The van der Waals surface area contributed by atoms with E-state index < -0.39 is 17.2 Å². The first kappa shape index (κ1) is 30.7. The number of hydrogen-bond acceptors (Lipinski definition) is 8. The van der Waals surface area contributed by atoms with E-state index in [1.807, 2.05) is 37.3 Å². The molecule has 1 spiro atoms. The van der Waals surface area contributed by atoms with Crippen LogP contribution in [0.25, 0.3) is 22.4 Å². The van der Waals surface area contributed by atoms with E-state index in [1.165, 1.54) is 24.9 Å². The fraction of sp³-hybridized carbons (Fsp3) is 0.324. The molecule has 1 atom stereocenters. The van der Waals surface area contributed by atoms with Gasteiger partial charge in [0.15, 0.2) is 0 Å². The molecular weight excluding hydrogens is 624 g/mol. The number of methoxy groups -OCH3 is 1. The molecule has 2 saturated heterocycles. The van der Waals surface area contributed by atoms with Crippen LogP contribution in [0.15, 0.2) is 58.3 Å². The molecule has 0 aliphatic carbocycles. The maximum atomic E-state index is 13.1. The minimum atomic E-state index is -0.704. The number of fused-ring (bicyclic) bond motifs is 1. The van der Waals surface area contributed by atoms with Crippen LogP contribution in [0.5, 0.6) is 11.6 Å². The lowest BCUT2D eigenvalue weighted by molar-refractivity contribution is -0.121. The molecule has 0 bridgehead atoms. The van der Waals surface area contributed by atoms with Crippen molar-refractivity contribution < 1.29 is 19.1 Å². The van der Waals surface area contributed by atoms with Crippen LogP contribution in [0.2, 0.25) is 5.02 Å². The first-order chi connectivity index (χ1) is 22.5. The van der Waals surface area contributed by atoms with E-state index in [2.05, 4.69) is 15.5 Å². The van der Waals surface area contributed by atoms with Crippen molar-refractivity contribution in [2.45, 2.75) is 31.3 Å². The van der Waals surface area contributed by atoms with Crippen molar-refractivity contribution in [1.29, 1.82) is 0 Å². The Bertz CT molecular complexity index is 2100. The second kappa shape index (κ2) is 11.4. The van der Waals surface area contributed by atoms with Crippen LogP contribution in [0.1, 0.15) is 40.4 Å². The highest BCUT2D eigenvalue weighted by molar-refractivity contribution is 6.36. The Morgan fingerprint density at radius 3 is 2.55 bits per heavy atom. The van der Waals surface area contributed by atoms with Gasteiger partial charge in [0.25, 0.3) is 11.5 Å². The summed E-state index contributed by atoms with van der Waals surface area (Å²) in [6.07, 6.45) is 2.63.